The molecule has 9 heteroatoms. The Morgan fingerprint density at radius 1 is 1.48 bits per heavy atom. The largest absolute Gasteiger partial charge is 0.410 e. The maximum absolute atomic E-state index is 13.1. The first-order valence-corrected chi connectivity index (χ1v) is 6.81. The van der Waals surface area contributed by atoms with Crippen molar-refractivity contribution in [3.8, 4) is 0 Å². The molecule has 0 radical (unpaired) electrons. The van der Waals surface area contributed by atoms with Crippen LogP contribution in [0.3, 0.4) is 0 Å². The third-order valence-corrected chi connectivity index (χ3v) is 2.97. The Morgan fingerprint density at radius 2 is 2.19 bits per heavy atom. The molecule has 0 spiro atoms. The van der Waals surface area contributed by atoms with Crippen molar-refractivity contribution in [1.82, 2.24) is 10.8 Å². The number of halogens is 2. The summed E-state index contributed by atoms with van der Waals surface area (Å²) in [5.74, 6) is -0.911. The van der Waals surface area contributed by atoms with Crippen LogP contribution in [0.15, 0.2) is 32.8 Å². The monoisotopic (exact) mass is 359 g/mol. The van der Waals surface area contributed by atoms with E-state index in [1.165, 1.54) is 18.2 Å². The number of hydrogen-bond donors (Lipinski definition) is 5. The number of nitrogens with zero attached hydrogens (tertiary/aromatic N) is 2. The molecule has 0 saturated heterocycles. The van der Waals surface area contributed by atoms with Gasteiger partial charge in [-0.15, -0.1) is 0 Å². The third-order valence-electron chi connectivity index (χ3n) is 2.36. The van der Waals surface area contributed by atoms with E-state index in [1.807, 2.05) is 6.92 Å². The first kappa shape index (κ1) is 17.1. The number of hydrogen-bond acceptors (Lipinski definition) is 5. The van der Waals surface area contributed by atoms with Gasteiger partial charge in [0.2, 0.25) is 0 Å². The van der Waals surface area contributed by atoms with E-state index in [4.69, 9.17) is 15.8 Å². The van der Waals surface area contributed by atoms with Crippen LogP contribution in [0.5, 0.6) is 0 Å². The first-order chi connectivity index (χ1) is 10.0. The third kappa shape index (κ3) is 4.80. The topological polar surface area (TPSA) is 113 Å². The molecular formula is C12H15BrFN5O2. The molecule has 0 unspecified atom stereocenters. The van der Waals surface area contributed by atoms with Crippen LogP contribution in [-0.4, -0.2) is 34.3 Å². The molecule has 0 aliphatic carbocycles. The highest BCUT2D eigenvalue weighted by Gasteiger charge is 2.15. The Morgan fingerprint density at radius 3 is 2.71 bits per heavy atom. The lowest BCUT2D eigenvalue weighted by molar-refractivity contribution is 0.236. The lowest BCUT2D eigenvalue weighted by Gasteiger charge is -2.10. The number of amidine groups is 2. The fraction of sp³-hybridized carbons (Fsp3) is 0.250. The van der Waals surface area contributed by atoms with Crippen molar-refractivity contribution >= 4 is 39.0 Å². The van der Waals surface area contributed by atoms with Crippen molar-refractivity contribution in [2.75, 3.05) is 6.54 Å². The molecule has 0 atom stereocenters. The van der Waals surface area contributed by atoms with Crippen LogP contribution in [0.1, 0.15) is 13.3 Å². The molecule has 0 amide bonds. The predicted octanol–water partition coefficient (Wildman–Crippen LogP) is 2.40. The molecule has 0 heterocycles. The van der Waals surface area contributed by atoms with Gasteiger partial charge in [-0.25, -0.2) is 9.38 Å². The van der Waals surface area contributed by atoms with E-state index in [2.05, 4.69) is 31.4 Å². The molecule has 0 bridgehead atoms. The summed E-state index contributed by atoms with van der Waals surface area (Å²) in [7, 11) is 0. The lowest BCUT2D eigenvalue weighted by atomic mass is 10.2. The number of nitrogens with one attached hydrogen (secondary N) is 3. The Balaban J connectivity index is 3.06. The van der Waals surface area contributed by atoms with Crippen molar-refractivity contribution < 1.29 is 14.8 Å². The van der Waals surface area contributed by atoms with Gasteiger partial charge in [-0.05, 0) is 40.5 Å². The first-order valence-electron chi connectivity index (χ1n) is 6.02. The zero-order valence-corrected chi connectivity index (χ0v) is 12.8. The summed E-state index contributed by atoms with van der Waals surface area (Å²) in [6.07, 6.45) is 0.769. The SMILES string of the molecule is CCCNC(=N)C(=N\O)/C(=N/c1ccc(F)c(Br)c1)NO. The van der Waals surface area contributed by atoms with Crippen LogP contribution in [0, 0.1) is 11.2 Å². The van der Waals surface area contributed by atoms with E-state index in [1.54, 1.807) is 5.48 Å². The van der Waals surface area contributed by atoms with Gasteiger partial charge in [-0.2, -0.15) is 0 Å². The van der Waals surface area contributed by atoms with Gasteiger partial charge in [0, 0.05) is 6.54 Å². The van der Waals surface area contributed by atoms with Crippen LogP contribution < -0.4 is 10.8 Å². The average molecular weight is 360 g/mol. The summed E-state index contributed by atoms with van der Waals surface area (Å²) >= 11 is 3.01. The van der Waals surface area contributed by atoms with E-state index in [-0.39, 0.29) is 21.9 Å². The zero-order valence-electron chi connectivity index (χ0n) is 11.2. The van der Waals surface area contributed by atoms with Gasteiger partial charge >= 0.3 is 0 Å². The van der Waals surface area contributed by atoms with Gasteiger partial charge in [0.05, 0.1) is 10.2 Å². The van der Waals surface area contributed by atoms with Gasteiger partial charge in [0.1, 0.15) is 5.82 Å². The molecule has 0 saturated carbocycles. The molecule has 114 valence electrons. The summed E-state index contributed by atoms with van der Waals surface area (Å²) in [5, 5.41) is 31.4. The van der Waals surface area contributed by atoms with Gasteiger partial charge in [-0.1, -0.05) is 12.1 Å². The van der Waals surface area contributed by atoms with Gasteiger partial charge in [0.15, 0.2) is 17.4 Å². The maximum atomic E-state index is 13.1. The fourth-order valence-corrected chi connectivity index (χ4v) is 1.73. The standard InChI is InChI=1S/C12H15BrFN5O2/c1-2-5-16-11(15)10(18-20)12(19-21)17-7-3-4-9(14)8(13)6-7/h3-4,6,20-21H,2,5H2,1H3,(H2,15,16)(H,17,19)/b18-10+. The lowest BCUT2D eigenvalue weighted by Crippen LogP contribution is -2.41. The molecule has 5 N–H and O–H groups in total. The van der Waals surface area contributed by atoms with Crippen molar-refractivity contribution in [3.05, 3.63) is 28.5 Å². The minimum atomic E-state index is -0.458. The molecule has 1 aromatic carbocycles. The molecule has 0 aliphatic heterocycles. The Bertz CT molecular complexity index is 577. The molecule has 1 aromatic rings. The summed E-state index contributed by atoms with van der Waals surface area (Å²) in [6.45, 7) is 2.41. The van der Waals surface area contributed by atoms with E-state index >= 15 is 0 Å². The predicted molar refractivity (Wildman–Crippen MR) is 81.4 cm³/mol. The van der Waals surface area contributed by atoms with Crippen LogP contribution in [0.2, 0.25) is 0 Å². The Kier molecular flexibility index (Phi) is 6.76. The smallest absolute Gasteiger partial charge is 0.188 e. The second-order valence-corrected chi connectivity index (χ2v) is 4.78. The second kappa shape index (κ2) is 8.32. The number of benzene rings is 1. The summed E-state index contributed by atoms with van der Waals surface area (Å²) in [5.41, 5.74) is 1.79. The van der Waals surface area contributed by atoms with E-state index in [0.717, 1.165) is 6.42 Å². The van der Waals surface area contributed by atoms with Crippen LogP contribution in [0.4, 0.5) is 10.1 Å². The summed E-state index contributed by atoms with van der Waals surface area (Å²) in [6, 6.07) is 3.94. The minimum Gasteiger partial charge on any atom is -0.410 e. The van der Waals surface area contributed by atoms with E-state index in [0.29, 0.717) is 12.2 Å². The second-order valence-electron chi connectivity index (χ2n) is 3.92. The normalized spacial score (nSPS) is 12.2. The van der Waals surface area contributed by atoms with Crippen molar-refractivity contribution in [2.24, 2.45) is 10.1 Å². The number of oxime groups is 1. The van der Waals surface area contributed by atoms with Crippen LogP contribution in [0.25, 0.3) is 0 Å². The van der Waals surface area contributed by atoms with Gasteiger partial charge in [0.25, 0.3) is 0 Å². The van der Waals surface area contributed by atoms with Gasteiger partial charge < -0.3 is 10.5 Å². The molecule has 7 nitrogen and oxygen atoms in total. The molecule has 0 fully saturated rings. The molecular weight excluding hydrogens is 345 g/mol. The van der Waals surface area contributed by atoms with Crippen LogP contribution >= 0.6 is 15.9 Å². The maximum Gasteiger partial charge on any atom is 0.188 e. The molecule has 1 rings (SSSR count). The average Bonchev–Trinajstić information content (AvgIpc) is 2.48. The number of rotatable bonds is 5. The highest BCUT2D eigenvalue weighted by Crippen LogP contribution is 2.22. The molecule has 21 heavy (non-hydrogen) atoms. The Hall–Kier alpha value is -2.00. The highest BCUT2D eigenvalue weighted by atomic mass is 79.9. The molecule has 0 aromatic heterocycles. The van der Waals surface area contributed by atoms with Crippen LogP contribution in [-0.2, 0) is 0 Å². The highest BCUT2D eigenvalue weighted by molar-refractivity contribution is 9.10. The summed E-state index contributed by atoms with van der Waals surface area (Å²) < 4.78 is 13.3. The van der Waals surface area contributed by atoms with Gasteiger partial charge in [-0.3, -0.25) is 16.1 Å². The zero-order chi connectivity index (χ0) is 15.8. The fourth-order valence-electron chi connectivity index (χ4n) is 1.36. The van der Waals surface area contributed by atoms with Crippen molar-refractivity contribution in [1.29, 1.82) is 5.41 Å². The van der Waals surface area contributed by atoms with Crippen molar-refractivity contribution in [2.45, 2.75) is 13.3 Å². The minimum absolute atomic E-state index is 0.197. The number of hydroxylamine groups is 1. The number of aliphatic imine (C=N–C) groups is 1. The Labute approximate surface area is 129 Å². The van der Waals surface area contributed by atoms with E-state index < -0.39 is 5.82 Å². The summed E-state index contributed by atoms with van der Waals surface area (Å²) in [4.78, 5) is 3.97. The quantitative estimate of drug-likeness (QED) is 0.240. The van der Waals surface area contributed by atoms with E-state index in [9.17, 15) is 4.39 Å². The molecule has 0 aliphatic rings. The van der Waals surface area contributed by atoms with Crippen molar-refractivity contribution in [3.63, 3.8) is 0 Å².